The molecule has 1 fully saturated rings. The molecule has 2 heterocycles. The Bertz CT molecular complexity index is 516. The molecule has 0 bridgehead atoms. The van der Waals surface area contributed by atoms with Crippen molar-refractivity contribution in [1.29, 1.82) is 0 Å². The molecule has 4 heteroatoms. The lowest BCUT2D eigenvalue weighted by Crippen LogP contribution is -2.35. The lowest BCUT2D eigenvalue weighted by Gasteiger charge is -2.28. The summed E-state index contributed by atoms with van der Waals surface area (Å²) in [6.07, 6.45) is 3.32. The van der Waals surface area contributed by atoms with Crippen LogP contribution in [0.5, 0.6) is 0 Å². The van der Waals surface area contributed by atoms with Gasteiger partial charge in [-0.1, -0.05) is 30.3 Å². The highest BCUT2D eigenvalue weighted by atomic mass is 16.4. The summed E-state index contributed by atoms with van der Waals surface area (Å²) in [5.41, 5.74) is 1.05. The predicted octanol–water partition coefficient (Wildman–Crippen LogP) is 2.30. The van der Waals surface area contributed by atoms with E-state index in [2.05, 4.69) is 9.88 Å². The van der Waals surface area contributed by atoms with Crippen LogP contribution >= 0.6 is 0 Å². The molecule has 1 aromatic carbocycles. The van der Waals surface area contributed by atoms with Crippen LogP contribution in [0.2, 0.25) is 0 Å². The molecule has 2 aromatic rings. The van der Waals surface area contributed by atoms with Crippen molar-refractivity contribution >= 4 is 0 Å². The van der Waals surface area contributed by atoms with Crippen molar-refractivity contribution in [2.24, 2.45) is 0 Å². The minimum absolute atomic E-state index is 0.138. The Labute approximate surface area is 112 Å². The van der Waals surface area contributed by atoms with Gasteiger partial charge in [-0.3, -0.25) is 4.90 Å². The van der Waals surface area contributed by atoms with Gasteiger partial charge in [-0.25, -0.2) is 4.98 Å². The van der Waals surface area contributed by atoms with E-state index in [1.807, 2.05) is 30.3 Å². The van der Waals surface area contributed by atoms with Gasteiger partial charge in [0.15, 0.2) is 5.76 Å². The van der Waals surface area contributed by atoms with Gasteiger partial charge in [0.25, 0.3) is 0 Å². The monoisotopic (exact) mass is 258 g/mol. The third-order valence-corrected chi connectivity index (χ3v) is 3.53. The van der Waals surface area contributed by atoms with Crippen LogP contribution in [-0.2, 0) is 6.54 Å². The first kappa shape index (κ1) is 12.4. The maximum absolute atomic E-state index is 9.48. The molecule has 0 amide bonds. The van der Waals surface area contributed by atoms with E-state index in [1.54, 1.807) is 6.20 Å². The number of rotatable bonds is 3. The van der Waals surface area contributed by atoms with Gasteiger partial charge in [0.2, 0.25) is 5.89 Å². The Hall–Kier alpha value is -1.65. The van der Waals surface area contributed by atoms with Crippen molar-refractivity contribution in [1.82, 2.24) is 9.88 Å². The summed E-state index contributed by atoms with van der Waals surface area (Å²) >= 11 is 0. The van der Waals surface area contributed by atoms with Crippen molar-refractivity contribution in [3.05, 3.63) is 42.4 Å². The molecule has 3 rings (SSSR count). The van der Waals surface area contributed by atoms with Crippen LogP contribution in [0.1, 0.15) is 18.7 Å². The lowest BCUT2D eigenvalue weighted by molar-refractivity contribution is 0.0752. The molecule has 0 atom stereocenters. The topological polar surface area (TPSA) is 49.5 Å². The highest BCUT2D eigenvalue weighted by Gasteiger charge is 2.18. The van der Waals surface area contributed by atoms with E-state index in [-0.39, 0.29) is 6.10 Å². The van der Waals surface area contributed by atoms with Crippen molar-refractivity contribution in [3.63, 3.8) is 0 Å². The van der Waals surface area contributed by atoms with E-state index in [0.717, 1.165) is 49.7 Å². The number of aliphatic hydroxyl groups excluding tert-OH is 1. The molecule has 4 nitrogen and oxygen atoms in total. The number of aliphatic hydroxyl groups is 1. The van der Waals surface area contributed by atoms with Crippen LogP contribution in [0, 0.1) is 0 Å². The average Bonchev–Trinajstić information content (AvgIpc) is 2.91. The summed E-state index contributed by atoms with van der Waals surface area (Å²) in [7, 11) is 0. The average molecular weight is 258 g/mol. The molecule has 100 valence electrons. The van der Waals surface area contributed by atoms with Gasteiger partial charge >= 0.3 is 0 Å². The number of benzene rings is 1. The Morgan fingerprint density at radius 2 is 1.95 bits per heavy atom. The maximum atomic E-state index is 9.48. The largest absolute Gasteiger partial charge is 0.439 e. The molecule has 0 unspecified atom stereocenters. The number of nitrogens with zero attached hydrogens (tertiary/aromatic N) is 2. The first-order valence-electron chi connectivity index (χ1n) is 6.72. The van der Waals surface area contributed by atoms with Crippen molar-refractivity contribution in [2.75, 3.05) is 13.1 Å². The lowest BCUT2D eigenvalue weighted by atomic mass is 10.1. The van der Waals surface area contributed by atoms with E-state index >= 15 is 0 Å². The normalized spacial score (nSPS) is 17.7. The molecular weight excluding hydrogens is 240 g/mol. The summed E-state index contributed by atoms with van der Waals surface area (Å²) in [5.74, 6) is 1.56. The molecule has 1 N–H and O–H groups in total. The second kappa shape index (κ2) is 5.55. The van der Waals surface area contributed by atoms with Crippen LogP contribution < -0.4 is 0 Å². The van der Waals surface area contributed by atoms with Crippen LogP contribution in [0.3, 0.4) is 0 Å². The second-order valence-electron chi connectivity index (χ2n) is 4.99. The van der Waals surface area contributed by atoms with Gasteiger partial charge in [-0.15, -0.1) is 0 Å². The number of hydrogen-bond donors (Lipinski definition) is 1. The fourth-order valence-electron chi connectivity index (χ4n) is 2.39. The summed E-state index contributed by atoms with van der Waals surface area (Å²) in [5, 5.41) is 9.48. The van der Waals surface area contributed by atoms with Gasteiger partial charge in [0, 0.05) is 18.7 Å². The number of likely N-dealkylation sites (tertiary alicyclic amines) is 1. The molecular formula is C15H18N2O2. The molecule has 1 aliphatic heterocycles. The minimum atomic E-state index is -0.138. The van der Waals surface area contributed by atoms with Crippen LogP contribution in [-0.4, -0.2) is 34.2 Å². The highest BCUT2D eigenvalue weighted by molar-refractivity contribution is 5.55. The Balaban J connectivity index is 1.65. The summed E-state index contributed by atoms with van der Waals surface area (Å²) in [4.78, 5) is 6.61. The van der Waals surface area contributed by atoms with Gasteiger partial charge < -0.3 is 9.52 Å². The SMILES string of the molecule is OC1CCN(Cc2ncc(-c3ccccc3)o2)CC1. The van der Waals surface area contributed by atoms with Crippen LogP contribution in [0.25, 0.3) is 11.3 Å². The standard InChI is InChI=1S/C15H18N2O2/c18-13-6-8-17(9-7-13)11-15-16-10-14(19-15)12-4-2-1-3-5-12/h1-5,10,13,18H,6-9,11H2. The van der Waals surface area contributed by atoms with Crippen molar-refractivity contribution < 1.29 is 9.52 Å². The molecule has 0 spiro atoms. The zero-order valence-electron chi connectivity index (χ0n) is 10.8. The number of oxazole rings is 1. The Morgan fingerprint density at radius 1 is 1.21 bits per heavy atom. The molecule has 0 saturated carbocycles. The van der Waals surface area contributed by atoms with Gasteiger partial charge in [-0.2, -0.15) is 0 Å². The zero-order chi connectivity index (χ0) is 13.1. The second-order valence-corrected chi connectivity index (χ2v) is 4.99. The number of aromatic nitrogens is 1. The van der Waals surface area contributed by atoms with Gasteiger partial charge in [-0.05, 0) is 12.8 Å². The minimum Gasteiger partial charge on any atom is -0.439 e. The predicted molar refractivity (Wildman–Crippen MR) is 72.5 cm³/mol. The van der Waals surface area contributed by atoms with Gasteiger partial charge in [0.05, 0.1) is 18.8 Å². The Kier molecular flexibility index (Phi) is 3.62. The molecule has 1 saturated heterocycles. The summed E-state index contributed by atoms with van der Waals surface area (Å²) in [6.45, 7) is 2.54. The van der Waals surface area contributed by atoms with Crippen LogP contribution in [0.15, 0.2) is 40.9 Å². The molecule has 0 radical (unpaired) electrons. The zero-order valence-corrected chi connectivity index (χ0v) is 10.8. The summed E-state index contributed by atoms with van der Waals surface area (Å²) in [6, 6.07) is 10.00. The van der Waals surface area contributed by atoms with Crippen LogP contribution in [0.4, 0.5) is 0 Å². The smallest absolute Gasteiger partial charge is 0.209 e. The first-order valence-corrected chi connectivity index (χ1v) is 6.72. The molecule has 1 aliphatic rings. The first-order chi connectivity index (χ1) is 9.31. The van der Waals surface area contributed by atoms with Gasteiger partial charge in [0.1, 0.15) is 0 Å². The fraction of sp³-hybridized carbons (Fsp3) is 0.400. The molecule has 0 aliphatic carbocycles. The van der Waals surface area contributed by atoms with E-state index in [0.29, 0.717) is 0 Å². The fourth-order valence-corrected chi connectivity index (χ4v) is 2.39. The third kappa shape index (κ3) is 3.03. The number of hydrogen-bond acceptors (Lipinski definition) is 4. The van der Waals surface area contributed by atoms with E-state index in [9.17, 15) is 5.11 Å². The number of piperidine rings is 1. The summed E-state index contributed by atoms with van der Waals surface area (Å²) < 4.78 is 5.78. The molecule has 19 heavy (non-hydrogen) atoms. The van der Waals surface area contributed by atoms with E-state index < -0.39 is 0 Å². The van der Waals surface area contributed by atoms with E-state index in [4.69, 9.17) is 4.42 Å². The molecule has 1 aromatic heterocycles. The maximum Gasteiger partial charge on any atom is 0.209 e. The Morgan fingerprint density at radius 3 is 2.68 bits per heavy atom. The quantitative estimate of drug-likeness (QED) is 0.917. The van der Waals surface area contributed by atoms with Crippen molar-refractivity contribution in [3.8, 4) is 11.3 Å². The third-order valence-electron chi connectivity index (χ3n) is 3.53. The highest BCUT2D eigenvalue weighted by Crippen LogP contribution is 2.21. The van der Waals surface area contributed by atoms with E-state index in [1.165, 1.54) is 0 Å². The van der Waals surface area contributed by atoms with Crippen molar-refractivity contribution in [2.45, 2.75) is 25.5 Å².